The molecule has 0 amide bonds. The van der Waals surface area contributed by atoms with Crippen molar-refractivity contribution in [3.8, 4) is 11.3 Å². The van der Waals surface area contributed by atoms with Crippen LogP contribution in [0, 0.1) is 6.92 Å². The van der Waals surface area contributed by atoms with Gasteiger partial charge in [0.05, 0.1) is 11.3 Å². The number of hydrogen-bond donors (Lipinski definition) is 0. The van der Waals surface area contributed by atoms with Gasteiger partial charge in [-0.05, 0) is 99.1 Å². The maximum atomic E-state index is 14.2. The first-order valence-corrected chi connectivity index (χ1v) is 14.4. The van der Waals surface area contributed by atoms with E-state index in [1.54, 1.807) is 30.7 Å². The lowest BCUT2D eigenvalue weighted by Crippen LogP contribution is -2.37. The highest BCUT2D eigenvalue weighted by atomic mass is 19.4. The summed E-state index contributed by atoms with van der Waals surface area (Å²) in [5.74, 6) is 0.119. The number of likely N-dealkylation sites (tertiary alicyclic amines) is 1. The number of alkyl halides is 3. The SMILES string of the molecule is Cc1ccc(CC(=O)c2ccc(C3CCN(C(C)C)CC3)cc2C(F)(F)F)cc1Cc1nccc(-c2cccnc2)n1. The average molecular weight is 573 g/mol. The molecule has 1 aliphatic heterocycles. The second-order valence-corrected chi connectivity index (χ2v) is 11.3. The second-order valence-electron chi connectivity index (χ2n) is 11.3. The van der Waals surface area contributed by atoms with Crippen molar-refractivity contribution in [2.75, 3.05) is 13.1 Å². The minimum Gasteiger partial charge on any atom is -0.301 e. The van der Waals surface area contributed by atoms with E-state index in [1.807, 2.05) is 37.3 Å². The summed E-state index contributed by atoms with van der Waals surface area (Å²) in [7, 11) is 0. The summed E-state index contributed by atoms with van der Waals surface area (Å²) >= 11 is 0. The van der Waals surface area contributed by atoms with Gasteiger partial charge >= 0.3 is 6.18 Å². The van der Waals surface area contributed by atoms with E-state index in [-0.39, 0.29) is 17.9 Å². The third kappa shape index (κ3) is 6.93. The van der Waals surface area contributed by atoms with Crippen molar-refractivity contribution >= 4 is 5.78 Å². The Morgan fingerprint density at radius 3 is 2.50 bits per heavy atom. The topological polar surface area (TPSA) is 59.0 Å². The second kappa shape index (κ2) is 12.5. The first-order chi connectivity index (χ1) is 20.1. The third-order valence-electron chi connectivity index (χ3n) is 8.17. The molecule has 0 N–H and O–H groups in total. The molecule has 1 saturated heterocycles. The van der Waals surface area contributed by atoms with E-state index in [9.17, 15) is 18.0 Å². The van der Waals surface area contributed by atoms with Crippen molar-refractivity contribution in [3.05, 3.63) is 112 Å². The Labute approximate surface area is 244 Å². The minimum atomic E-state index is -4.62. The van der Waals surface area contributed by atoms with Gasteiger partial charge in [0.1, 0.15) is 5.82 Å². The van der Waals surface area contributed by atoms with E-state index in [1.165, 1.54) is 12.1 Å². The van der Waals surface area contributed by atoms with Crippen LogP contribution in [0.3, 0.4) is 0 Å². The third-order valence-corrected chi connectivity index (χ3v) is 8.17. The maximum Gasteiger partial charge on any atom is 0.417 e. The summed E-state index contributed by atoms with van der Waals surface area (Å²) in [5, 5.41) is 0. The Kier molecular flexibility index (Phi) is 8.82. The van der Waals surface area contributed by atoms with E-state index in [4.69, 9.17) is 0 Å². The Morgan fingerprint density at radius 1 is 1.02 bits per heavy atom. The molecule has 5 nitrogen and oxygen atoms in total. The normalized spacial score (nSPS) is 14.8. The number of halogens is 3. The van der Waals surface area contributed by atoms with Gasteiger partial charge in [-0.3, -0.25) is 9.78 Å². The standard InChI is InChI=1S/C34H35F3N4O/c1-22(2)41-15-11-25(12-16-41)26-8-9-29(30(19-26)34(35,36)37)32(42)18-24-7-6-23(3)28(17-24)20-33-39-14-10-31(40-33)27-5-4-13-38-21-27/h4-10,13-14,17,19,21-22,25H,11-12,15-16,18,20H2,1-3H3. The largest absolute Gasteiger partial charge is 0.417 e. The van der Waals surface area contributed by atoms with Crippen LogP contribution in [0.1, 0.15) is 76.6 Å². The zero-order valence-corrected chi connectivity index (χ0v) is 24.2. The highest BCUT2D eigenvalue weighted by molar-refractivity contribution is 5.99. The van der Waals surface area contributed by atoms with E-state index >= 15 is 0 Å². The van der Waals surface area contributed by atoms with Crippen LogP contribution in [0.15, 0.2) is 73.2 Å². The molecule has 0 bridgehead atoms. The monoisotopic (exact) mass is 572 g/mol. The molecule has 0 radical (unpaired) electrons. The molecule has 0 atom stereocenters. The zero-order chi connectivity index (χ0) is 29.9. The fourth-order valence-corrected chi connectivity index (χ4v) is 5.68. The number of pyridine rings is 1. The molecular formula is C34H35F3N4O. The van der Waals surface area contributed by atoms with Gasteiger partial charge in [0.25, 0.3) is 0 Å². The molecule has 1 aliphatic rings. The zero-order valence-electron chi connectivity index (χ0n) is 24.2. The summed E-state index contributed by atoms with van der Waals surface area (Å²) < 4.78 is 42.6. The lowest BCUT2D eigenvalue weighted by molar-refractivity contribution is -0.138. The molecule has 3 heterocycles. The molecule has 0 spiro atoms. The van der Waals surface area contributed by atoms with E-state index in [2.05, 4.69) is 33.7 Å². The van der Waals surface area contributed by atoms with Crippen LogP contribution in [0.4, 0.5) is 13.2 Å². The van der Waals surface area contributed by atoms with E-state index < -0.39 is 17.5 Å². The number of rotatable bonds is 8. The minimum absolute atomic E-state index is 0.0591. The molecule has 1 fully saturated rings. The van der Waals surface area contributed by atoms with E-state index in [0.717, 1.165) is 48.3 Å². The number of benzene rings is 2. The molecule has 0 saturated carbocycles. The fraction of sp³-hybridized carbons (Fsp3) is 0.353. The number of hydrogen-bond acceptors (Lipinski definition) is 5. The Morgan fingerprint density at radius 2 is 1.81 bits per heavy atom. The van der Waals surface area contributed by atoms with Crippen LogP contribution in [-0.2, 0) is 19.0 Å². The summed E-state index contributed by atoms with van der Waals surface area (Å²) in [6.45, 7) is 7.94. The van der Waals surface area contributed by atoms with Gasteiger partial charge in [0.15, 0.2) is 5.78 Å². The molecule has 4 aromatic rings. The van der Waals surface area contributed by atoms with Crippen molar-refractivity contribution in [3.63, 3.8) is 0 Å². The van der Waals surface area contributed by atoms with Crippen molar-refractivity contribution in [1.82, 2.24) is 19.9 Å². The molecule has 42 heavy (non-hydrogen) atoms. The van der Waals surface area contributed by atoms with Crippen LogP contribution < -0.4 is 0 Å². The Balaban J connectivity index is 1.34. The summed E-state index contributed by atoms with van der Waals surface area (Å²) in [4.78, 5) is 28.9. The van der Waals surface area contributed by atoms with Gasteiger partial charge in [-0.2, -0.15) is 13.2 Å². The summed E-state index contributed by atoms with van der Waals surface area (Å²) in [6.07, 6.45) is 2.44. The predicted molar refractivity (Wildman–Crippen MR) is 157 cm³/mol. The smallest absolute Gasteiger partial charge is 0.301 e. The fourth-order valence-electron chi connectivity index (χ4n) is 5.68. The molecule has 0 aliphatic carbocycles. The number of aryl methyl sites for hydroxylation is 1. The molecule has 8 heteroatoms. The highest BCUT2D eigenvalue weighted by Gasteiger charge is 2.36. The van der Waals surface area contributed by atoms with E-state index in [0.29, 0.717) is 29.4 Å². The van der Waals surface area contributed by atoms with Crippen molar-refractivity contribution in [1.29, 1.82) is 0 Å². The number of aromatic nitrogens is 3. The highest BCUT2D eigenvalue weighted by Crippen LogP contribution is 2.37. The number of carbonyl (C=O) groups is 1. The van der Waals surface area contributed by atoms with Gasteiger partial charge in [0.2, 0.25) is 0 Å². The number of Topliss-reactive ketones (excluding diaryl/α,β-unsaturated/α-hetero) is 1. The van der Waals surface area contributed by atoms with Crippen molar-refractivity contribution in [2.24, 2.45) is 0 Å². The van der Waals surface area contributed by atoms with Gasteiger partial charge in [0, 0.05) is 48.6 Å². The summed E-state index contributed by atoms with van der Waals surface area (Å²) in [6, 6.07) is 15.9. The van der Waals surface area contributed by atoms with Gasteiger partial charge < -0.3 is 4.90 Å². The number of ketones is 1. The Bertz CT molecular complexity index is 1540. The number of piperidine rings is 1. The molecular weight excluding hydrogens is 537 g/mol. The quantitative estimate of drug-likeness (QED) is 0.205. The Hall–Kier alpha value is -3.91. The average Bonchev–Trinajstić information content (AvgIpc) is 2.99. The first-order valence-electron chi connectivity index (χ1n) is 14.4. The van der Waals surface area contributed by atoms with Crippen LogP contribution in [0.2, 0.25) is 0 Å². The van der Waals surface area contributed by atoms with Crippen molar-refractivity contribution in [2.45, 2.75) is 64.6 Å². The van der Waals surface area contributed by atoms with Crippen LogP contribution in [0.5, 0.6) is 0 Å². The number of nitrogens with zero attached hydrogens (tertiary/aromatic N) is 4. The summed E-state index contributed by atoms with van der Waals surface area (Å²) in [5.41, 5.74) is 3.74. The van der Waals surface area contributed by atoms with Crippen LogP contribution in [-0.4, -0.2) is 44.8 Å². The van der Waals surface area contributed by atoms with Gasteiger partial charge in [-0.25, -0.2) is 9.97 Å². The lowest BCUT2D eigenvalue weighted by atomic mass is 9.86. The van der Waals surface area contributed by atoms with Crippen molar-refractivity contribution < 1.29 is 18.0 Å². The molecule has 2 aromatic heterocycles. The lowest BCUT2D eigenvalue weighted by Gasteiger charge is -2.35. The van der Waals surface area contributed by atoms with Crippen LogP contribution in [0.25, 0.3) is 11.3 Å². The molecule has 218 valence electrons. The molecule has 0 unspecified atom stereocenters. The number of carbonyl (C=O) groups excluding carboxylic acids is 1. The predicted octanol–water partition coefficient (Wildman–Crippen LogP) is 7.47. The van der Waals surface area contributed by atoms with Crippen LogP contribution >= 0.6 is 0 Å². The van der Waals surface area contributed by atoms with Gasteiger partial charge in [-0.1, -0.05) is 30.3 Å². The maximum absolute atomic E-state index is 14.2. The van der Waals surface area contributed by atoms with Gasteiger partial charge in [-0.15, -0.1) is 0 Å². The molecule has 5 rings (SSSR count). The molecule has 2 aromatic carbocycles. The first kappa shape index (κ1) is 29.6.